The van der Waals surface area contributed by atoms with E-state index in [9.17, 15) is 4.79 Å². The molecule has 0 bridgehead atoms. The monoisotopic (exact) mass is 350 g/mol. The molecule has 0 spiro atoms. The van der Waals surface area contributed by atoms with Gasteiger partial charge in [0.25, 0.3) is 0 Å². The maximum Gasteiger partial charge on any atom is 0.223 e. The molecule has 134 valence electrons. The van der Waals surface area contributed by atoms with E-state index in [1.807, 2.05) is 35.2 Å². The quantitative estimate of drug-likeness (QED) is 0.827. The topological polar surface area (TPSA) is 69.5 Å². The number of ether oxygens (including phenoxy) is 1. The number of hydrogen-bond acceptors (Lipinski definition) is 5. The first kappa shape index (κ1) is 17.7. The lowest BCUT2D eigenvalue weighted by Gasteiger charge is -2.35. The maximum atomic E-state index is 12.5. The smallest absolute Gasteiger partial charge is 0.223 e. The summed E-state index contributed by atoms with van der Waals surface area (Å²) in [5.74, 6) is 1.87. The van der Waals surface area contributed by atoms with E-state index in [1.54, 1.807) is 19.4 Å². The molecular weight excluding hydrogens is 328 g/mol. The Hall–Kier alpha value is -3.07. The number of hydrogen-bond donors (Lipinski definition) is 0. The minimum atomic E-state index is 0.188. The van der Waals surface area contributed by atoms with E-state index in [-0.39, 0.29) is 5.91 Å². The van der Waals surface area contributed by atoms with Gasteiger partial charge in [-0.15, -0.1) is 0 Å². The lowest BCUT2D eigenvalue weighted by molar-refractivity contribution is -0.131. The number of nitriles is 1. The predicted octanol–water partition coefficient (Wildman–Crippen LogP) is 2.24. The van der Waals surface area contributed by atoms with E-state index in [4.69, 9.17) is 10.00 Å². The number of piperazine rings is 1. The molecular formula is C20H22N4O2. The van der Waals surface area contributed by atoms with Crippen molar-refractivity contribution in [2.75, 3.05) is 38.2 Å². The SMILES string of the molecule is COc1ccc(CCC(=O)N2CCN(c3ccc(C#N)cn3)CC2)cc1. The molecule has 1 fully saturated rings. The van der Waals surface area contributed by atoms with Crippen LogP contribution < -0.4 is 9.64 Å². The molecule has 0 atom stereocenters. The Morgan fingerprint density at radius 3 is 2.46 bits per heavy atom. The van der Waals surface area contributed by atoms with Crippen LogP contribution in [0.25, 0.3) is 0 Å². The van der Waals surface area contributed by atoms with Gasteiger partial charge in [0.05, 0.1) is 12.7 Å². The third kappa shape index (κ3) is 4.31. The van der Waals surface area contributed by atoms with Crippen molar-refractivity contribution < 1.29 is 9.53 Å². The van der Waals surface area contributed by atoms with Gasteiger partial charge in [0.2, 0.25) is 5.91 Å². The Morgan fingerprint density at radius 2 is 1.88 bits per heavy atom. The maximum absolute atomic E-state index is 12.5. The van der Waals surface area contributed by atoms with E-state index in [0.29, 0.717) is 25.1 Å². The molecule has 1 aromatic heterocycles. The van der Waals surface area contributed by atoms with Crippen molar-refractivity contribution in [3.05, 3.63) is 53.7 Å². The Kier molecular flexibility index (Phi) is 5.69. The van der Waals surface area contributed by atoms with Crippen molar-refractivity contribution in [1.82, 2.24) is 9.88 Å². The molecule has 0 unspecified atom stereocenters. The number of pyridine rings is 1. The van der Waals surface area contributed by atoms with Crippen LogP contribution in [0.3, 0.4) is 0 Å². The van der Waals surface area contributed by atoms with Crippen LogP contribution in [0.15, 0.2) is 42.6 Å². The molecule has 1 aliphatic heterocycles. The van der Waals surface area contributed by atoms with Crippen LogP contribution in [-0.2, 0) is 11.2 Å². The van der Waals surface area contributed by atoms with Crippen LogP contribution in [0.4, 0.5) is 5.82 Å². The number of aryl methyl sites for hydroxylation is 1. The van der Waals surface area contributed by atoms with Gasteiger partial charge in [-0.05, 0) is 36.2 Å². The first-order chi connectivity index (χ1) is 12.7. The van der Waals surface area contributed by atoms with Crippen molar-refractivity contribution in [3.8, 4) is 11.8 Å². The summed E-state index contributed by atoms with van der Waals surface area (Å²) in [7, 11) is 1.64. The molecule has 1 amide bonds. The number of aromatic nitrogens is 1. The van der Waals surface area contributed by atoms with Crippen molar-refractivity contribution in [2.45, 2.75) is 12.8 Å². The summed E-state index contributed by atoms with van der Waals surface area (Å²) < 4.78 is 5.15. The third-order valence-corrected chi connectivity index (χ3v) is 4.62. The summed E-state index contributed by atoms with van der Waals surface area (Å²) >= 11 is 0. The van der Waals surface area contributed by atoms with Gasteiger partial charge in [-0.3, -0.25) is 4.79 Å². The van der Waals surface area contributed by atoms with Crippen molar-refractivity contribution >= 4 is 11.7 Å². The van der Waals surface area contributed by atoms with Crippen molar-refractivity contribution in [2.24, 2.45) is 0 Å². The van der Waals surface area contributed by atoms with Crippen LogP contribution >= 0.6 is 0 Å². The van der Waals surface area contributed by atoms with Crippen molar-refractivity contribution in [3.63, 3.8) is 0 Å². The first-order valence-electron chi connectivity index (χ1n) is 8.71. The Balaban J connectivity index is 1.47. The molecule has 2 heterocycles. The van der Waals surface area contributed by atoms with Gasteiger partial charge < -0.3 is 14.5 Å². The van der Waals surface area contributed by atoms with Gasteiger partial charge in [-0.2, -0.15) is 5.26 Å². The zero-order chi connectivity index (χ0) is 18.4. The van der Waals surface area contributed by atoms with Crippen LogP contribution in [0.2, 0.25) is 0 Å². The van der Waals surface area contributed by atoms with E-state index in [1.165, 1.54) is 0 Å². The molecule has 6 heteroatoms. The highest BCUT2D eigenvalue weighted by molar-refractivity contribution is 5.76. The fraction of sp³-hybridized carbons (Fsp3) is 0.350. The largest absolute Gasteiger partial charge is 0.497 e. The van der Waals surface area contributed by atoms with Crippen molar-refractivity contribution in [1.29, 1.82) is 5.26 Å². The lowest BCUT2D eigenvalue weighted by Crippen LogP contribution is -2.49. The lowest BCUT2D eigenvalue weighted by atomic mass is 10.1. The standard InChI is InChI=1S/C20H22N4O2/c1-26-18-6-2-16(3-7-18)5-9-20(25)24-12-10-23(11-13-24)19-8-4-17(14-21)15-22-19/h2-4,6-8,15H,5,9-13H2,1H3. The molecule has 0 aliphatic carbocycles. The number of carbonyl (C=O) groups excluding carboxylic acids is 1. The highest BCUT2D eigenvalue weighted by Crippen LogP contribution is 2.16. The first-order valence-corrected chi connectivity index (χ1v) is 8.71. The fourth-order valence-electron chi connectivity index (χ4n) is 3.03. The van der Waals surface area contributed by atoms with Gasteiger partial charge in [-0.1, -0.05) is 12.1 Å². The minimum absolute atomic E-state index is 0.188. The summed E-state index contributed by atoms with van der Waals surface area (Å²) in [4.78, 5) is 20.8. The number of rotatable bonds is 5. The highest BCUT2D eigenvalue weighted by atomic mass is 16.5. The van der Waals surface area contributed by atoms with E-state index in [2.05, 4.69) is 16.0 Å². The zero-order valence-electron chi connectivity index (χ0n) is 14.9. The second kappa shape index (κ2) is 8.34. The Labute approximate surface area is 153 Å². The van der Waals surface area contributed by atoms with E-state index in [0.717, 1.165) is 36.6 Å². The van der Waals surface area contributed by atoms with E-state index >= 15 is 0 Å². The number of methoxy groups -OCH3 is 1. The summed E-state index contributed by atoms with van der Waals surface area (Å²) in [5, 5.41) is 8.84. The number of amides is 1. The van der Waals surface area contributed by atoms with Gasteiger partial charge >= 0.3 is 0 Å². The van der Waals surface area contributed by atoms with Crippen LogP contribution in [-0.4, -0.2) is 49.1 Å². The van der Waals surface area contributed by atoms with Crippen LogP contribution in [0, 0.1) is 11.3 Å². The van der Waals surface area contributed by atoms with Gasteiger partial charge in [0.1, 0.15) is 17.6 Å². The van der Waals surface area contributed by atoms with Gasteiger partial charge in [0, 0.05) is 38.8 Å². The summed E-state index contributed by atoms with van der Waals surface area (Å²) in [6.45, 7) is 2.91. The molecule has 2 aromatic rings. The molecule has 0 N–H and O–H groups in total. The average molecular weight is 350 g/mol. The minimum Gasteiger partial charge on any atom is -0.497 e. The number of nitrogens with zero attached hydrogens (tertiary/aromatic N) is 4. The molecule has 3 rings (SSSR count). The summed E-state index contributed by atoms with van der Waals surface area (Å²) in [5.41, 5.74) is 1.70. The number of anilines is 1. The third-order valence-electron chi connectivity index (χ3n) is 4.62. The van der Waals surface area contributed by atoms with Crippen LogP contribution in [0.1, 0.15) is 17.5 Å². The van der Waals surface area contributed by atoms with Gasteiger partial charge in [0.15, 0.2) is 0 Å². The zero-order valence-corrected chi connectivity index (χ0v) is 14.9. The molecule has 6 nitrogen and oxygen atoms in total. The number of carbonyl (C=O) groups is 1. The molecule has 26 heavy (non-hydrogen) atoms. The molecule has 0 radical (unpaired) electrons. The van der Waals surface area contributed by atoms with Gasteiger partial charge in [-0.25, -0.2) is 4.98 Å². The molecule has 1 aliphatic rings. The summed E-state index contributed by atoms with van der Waals surface area (Å²) in [6.07, 6.45) is 2.84. The Morgan fingerprint density at radius 1 is 1.15 bits per heavy atom. The normalized spacial score (nSPS) is 14.0. The Bertz CT molecular complexity index is 773. The molecule has 1 saturated heterocycles. The van der Waals surface area contributed by atoms with E-state index < -0.39 is 0 Å². The predicted molar refractivity (Wildman–Crippen MR) is 99.1 cm³/mol. The summed E-state index contributed by atoms with van der Waals surface area (Å²) in [6, 6.07) is 13.5. The molecule has 0 saturated carbocycles. The second-order valence-electron chi connectivity index (χ2n) is 6.23. The highest BCUT2D eigenvalue weighted by Gasteiger charge is 2.21. The molecule has 1 aromatic carbocycles. The van der Waals surface area contributed by atoms with Crippen LogP contribution in [0.5, 0.6) is 5.75 Å². The average Bonchev–Trinajstić information content (AvgIpc) is 2.72. The fourth-order valence-corrected chi connectivity index (χ4v) is 3.03. The second-order valence-corrected chi connectivity index (χ2v) is 6.23. The number of benzene rings is 1.